The van der Waals surface area contributed by atoms with Crippen LogP contribution >= 0.6 is 11.6 Å². The predicted molar refractivity (Wildman–Crippen MR) is 201 cm³/mol. The second-order valence-electron chi connectivity index (χ2n) is 12.6. The zero-order valence-electron chi connectivity index (χ0n) is 31.0. The van der Waals surface area contributed by atoms with Gasteiger partial charge in [0.2, 0.25) is 5.91 Å². The van der Waals surface area contributed by atoms with Gasteiger partial charge in [-0.25, -0.2) is 13.8 Å². The van der Waals surface area contributed by atoms with Gasteiger partial charge < -0.3 is 44.7 Å². The molecule has 6 rings (SSSR count). The molecular formula is C37H45ClF2N8O7. The number of β-amino-alcohol motifs (C(OH)–C–C–N with tert-alkyl or cyclic N) is 1. The Balaban J connectivity index is 0.00000163. The van der Waals surface area contributed by atoms with Crippen molar-refractivity contribution in [3.05, 3.63) is 76.5 Å². The first-order chi connectivity index (χ1) is 26.5. The van der Waals surface area contributed by atoms with E-state index in [9.17, 15) is 19.5 Å². The Morgan fingerprint density at radius 3 is 2.33 bits per heavy atom. The van der Waals surface area contributed by atoms with Crippen LogP contribution in [0.25, 0.3) is 22.4 Å². The van der Waals surface area contributed by atoms with Gasteiger partial charge in [-0.15, -0.1) is 0 Å². The highest BCUT2D eigenvalue weighted by Crippen LogP contribution is 2.33. The lowest BCUT2D eigenvalue weighted by Crippen LogP contribution is -2.55. The molecule has 2 aliphatic heterocycles. The number of nitrogens with zero attached hydrogens (tertiary/aromatic N) is 6. The van der Waals surface area contributed by atoms with E-state index in [4.69, 9.17) is 26.2 Å². The number of halogens is 3. The molecule has 0 spiro atoms. The van der Waals surface area contributed by atoms with Gasteiger partial charge in [0.25, 0.3) is 11.8 Å². The van der Waals surface area contributed by atoms with E-state index in [1.54, 1.807) is 28.5 Å². The van der Waals surface area contributed by atoms with E-state index in [2.05, 4.69) is 20.7 Å². The number of carbonyl (C=O) groups excluding carboxylic acids is 4. The Hall–Kier alpha value is -5.07. The monoisotopic (exact) mass is 786 g/mol. The second-order valence-corrected chi connectivity index (χ2v) is 13.0. The molecule has 0 aliphatic carbocycles. The van der Waals surface area contributed by atoms with Crippen molar-refractivity contribution in [1.29, 1.82) is 0 Å². The third kappa shape index (κ3) is 9.25. The molecule has 3 amide bonds. The number of aliphatic hydroxyl groups excluding tert-OH is 2. The number of aromatic nitrogens is 4. The lowest BCUT2D eigenvalue weighted by molar-refractivity contribution is -0.141. The maximum Gasteiger partial charge on any atom is 0.291 e. The summed E-state index contributed by atoms with van der Waals surface area (Å²) in [6, 6.07) is 7.39. The summed E-state index contributed by atoms with van der Waals surface area (Å²) in [6.45, 7) is 7.03. The fourth-order valence-electron chi connectivity index (χ4n) is 6.56. The maximum atomic E-state index is 15.5. The molecule has 2 saturated heterocycles. The smallest absolute Gasteiger partial charge is 0.291 e. The standard InChI is InChI=1S/C35H39ClF2N8O5.CH4O.CH2O/c1-20-26(17-41-46(20)14-15-51-3)22-6-7-24(31(38)30(22)37)28-18-40-32(43(28)2)33(48)42-21-4-5-23(27(36)16-21)34(49)44-10-12-45(13-11-44)35(50)25-8-9-39-19-29(25)47;2*1-2/h4-7,16-18,25,29,39,47H,8-15,19H2,1-3H3,(H,42,48);2H,1H3;1H2. The van der Waals surface area contributed by atoms with Gasteiger partial charge in [-0.05, 0) is 44.2 Å². The number of piperidine rings is 1. The van der Waals surface area contributed by atoms with Crippen LogP contribution in [0.15, 0.2) is 42.7 Å². The third-order valence-corrected chi connectivity index (χ3v) is 9.87. The number of carbonyl (C=O) groups is 4. The molecule has 2 aromatic carbocycles. The van der Waals surface area contributed by atoms with Gasteiger partial charge in [-0.3, -0.25) is 19.1 Å². The number of imidazole rings is 1. The summed E-state index contributed by atoms with van der Waals surface area (Å²) in [4.78, 5) is 55.0. The number of piperazine rings is 1. The maximum absolute atomic E-state index is 15.5. The first-order valence-electron chi connectivity index (χ1n) is 17.3. The van der Waals surface area contributed by atoms with Crippen LogP contribution in [0, 0.1) is 24.5 Å². The Bertz CT molecular complexity index is 1980. The zero-order valence-corrected chi connectivity index (χ0v) is 31.8. The van der Waals surface area contributed by atoms with Crippen molar-refractivity contribution in [3.8, 4) is 22.4 Å². The van der Waals surface area contributed by atoms with Crippen molar-refractivity contribution in [2.75, 3.05) is 65.4 Å². The zero-order chi connectivity index (χ0) is 40.4. The molecule has 18 heteroatoms. The van der Waals surface area contributed by atoms with Gasteiger partial charge in [0.05, 0.1) is 53.8 Å². The molecule has 0 radical (unpaired) electrons. The predicted octanol–water partition coefficient (Wildman–Crippen LogP) is 2.77. The molecule has 2 atom stereocenters. The normalized spacial score (nSPS) is 16.7. The molecule has 4 N–H and O–H groups in total. The fourth-order valence-corrected chi connectivity index (χ4v) is 6.82. The fraction of sp³-hybridized carbons (Fsp3) is 0.405. The number of rotatable bonds is 9. The van der Waals surface area contributed by atoms with Gasteiger partial charge in [-0.1, -0.05) is 17.7 Å². The lowest BCUT2D eigenvalue weighted by Gasteiger charge is -2.38. The van der Waals surface area contributed by atoms with E-state index in [-0.39, 0.29) is 45.0 Å². The highest BCUT2D eigenvalue weighted by atomic mass is 35.5. The van der Waals surface area contributed by atoms with Crippen LogP contribution in [0.3, 0.4) is 0 Å². The third-order valence-electron chi connectivity index (χ3n) is 9.55. The minimum Gasteiger partial charge on any atom is -0.400 e. The molecule has 2 aromatic heterocycles. The highest BCUT2D eigenvalue weighted by Gasteiger charge is 2.35. The van der Waals surface area contributed by atoms with Crippen molar-refractivity contribution in [3.63, 3.8) is 0 Å². The molecule has 296 valence electrons. The van der Waals surface area contributed by atoms with E-state index >= 15 is 8.78 Å². The molecular weight excluding hydrogens is 742 g/mol. The number of nitrogens with one attached hydrogen (secondary N) is 2. The van der Waals surface area contributed by atoms with Crippen molar-refractivity contribution < 1.29 is 42.9 Å². The Labute approximate surface area is 321 Å². The summed E-state index contributed by atoms with van der Waals surface area (Å²) in [5.41, 5.74) is 1.82. The van der Waals surface area contributed by atoms with E-state index in [1.807, 2.05) is 6.79 Å². The summed E-state index contributed by atoms with van der Waals surface area (Å²) >= 11 is 6.50. The minimum atomic E-state index is -1.09. The Morgan fingerprint density at radius 1 is 1.02 bits per heavy atom. The number of anilines is 1. The van der Waals surface area contributed by atoms with Crippen LogP contribution in [-0.2, 0) is 27.9 Å². The van der Waals surface area contributed by atoms with Crippen molar-refractivity contribution >= 4 is 41.8 Å². The number of hydrogen-bond donors (Lipinski definition) is 4. The topological polar surface area (TPSA) is 184 Å². The SMILES string of the molecule is C=O.CO.COCCn1ncc(-c2ccc(-c3cnc(C(=O)Nc4ccc(C(=O)N5CCN(C(=O)C6CCNCC6O)CC5)c(Cl)c4)n3C)c(F)c2F)c1C. The number of hydrogen-bond acceptors (Lipinski definition) is 10. The highest BCUT2D eigenvalue weighted by molar-refractivity contribution is 6.34. The van der Waals surface area contributed by atoms with Crippen LogP contribution in [0.4, 0.5) is 14.5 Å². The van der Waals surface area contributed by atoms with Crippen LogP contribution < -0.4 is 10.6 Å². The number of methoxy groups -OCH3 is 1. The van der Waals surface area contributed by atoms with Gasteiger partial charge in [0.1, 0.15) is 6.79 Å². The number of amides is 3. The number of ether oxygens (including phenoxy) is 1. The van der Waals surface area contributed by atoms with Crippen LogP contribution in [0.1, 0.15) is 33.1 Å². The van der Waals surface area contributed by atoms with E-state index in [0.29, 0.717) is 75.8 Å². The van der Waals surface area contributed by atoms with Crippen LogP contribution in [0.5, 0.6) is 0 Å². The van der Waals surface area contributed by atoms with Gasteiger partial charge in [0.15, 0.2) is 17.5 Å². The van der Waals surface area contributed by atoms with Crippen molar-refractivity contribution in [2.45, 2.75) is 26.0 Å². The summed E-state index contributed by atoms with van der Waals surface area (Å²) in [6.07, 6.45) is 2.61. The molecule has 55 heavy (non-hydrogen) atoms. The quantitative estimate of drug-likeness (QED) is 0.197. The van der Waals surface area contributed by atoms with Gasteiger partial charge in [0, 0.05) is 82.1 Å². The average Bonchev–Trinajstić information content (AvgIpc) is 3.77. The number of aliphatic hydroxyl groups is 2. The first kappa shape index (κ1) is 42.7. The van der Waals surface area contributed by atoms with Crippen molar-refractivity contribution in [1.82, 2.24) is 34.4 Å². The van der Waals surface area contributed by atoms with E-state index in [1.165, 1.54) is 54.3 Å². The molecule has 15 nitrogen and oxygen atoms in total. The summed E-state index contributed by atoms with van der Waals surface area (Å²) in [5.74, 6) is -3.69. The van der Waals surface area contributed by atoms with E-state index < -0.39 is 29.6 Å². The second kappa shape index (κ2) is 19.5. The Morgan fingerprint density at radius 2 is 1.67 bits per heavy atom. The summed E-state index contributed by atoms with van der Waals surface area (Å²) in [7, 11) is 4.09. The minimum absolute atomic E-state index is 0.0575. The number of benzene rings is 2. The van der Waals surface area contributed by atoms with Gasteiger partial charge in [-0.2, -0.15) is 5.10 Å². The molecule has 4 heterocycles. The summed E-state index contributed by atoms with van der Waals surface area (Å²) < 4.78 is 39.0. The molecule has 2 fully saturated rings. The van der Waals surface area contributed by atoms with Crippen LogP contribution in [-0.4, -0.2) is 130 Å². The van der Waals surface area contributed by atoms with Gasteiger partial charge >= 0.3 is 0 Å². The molecule has 2 aliphatic rings. The average molecular weight is 787 g/mol. The van der Waals surface area contributed by atoms with E-state index in [0.717, 1.165) is 7.11 Å². The van der Waals surface area contributed by atoms with Crippen molar-refractivity contribution in [2.24, 2.45) is 13.0 Å². The lowest BCUT2D eigenvalue weighted by atomic mass is 9.93. The molecule has 0 bridgehead atoms. The molecule has 4 aromatic rings. The first-order valence-corrected chi connectivity index (χ1v) is 17.7. The Kier molecular flexibility index (Phi) is 15.1. The molecule has 0 saturated carbocycles. The van der Waals surface area contributed by atoms with Crippen LogP contribution in [0.2, 0.25) is 5.02 Å². The molecule has 2 unspecified atom stereocenters. The summed E-state index contributed by atoms with van der Waals surface area (Å²) in [5, 5.41) is 27.4. The largest absolute Gasteiger partial charge is 0.400 e.